The van der Waals surface area contributed by atoms with Crippen molar-refractivity contribution in [1.82, 2.24) is 5.32 Å². The van der Waals surface area contributed by atoms with Gasteiger partial charge in [0.15, 0.2) is 17.5 Å². The predicted molar refractivity (Wildman–Crippen MR) is 106 cm³/mol. The summed E-state index contributed by atoms with van der Waals surface area (Å²) in [6, 6.07) is 4.55. The van der Waals surface area contributed by atoms with E-state index in [2.05, 4.69) is 5.32 Å². The van der Waals surface area contributed by atoms with Crippen LogP contribution in [0, 0.1) is 27.6 Å². The minimum Gasteiger partial charge on any atom is -0.457 e. The number of esters is 1. The minimum absolute atomic E-state index is 0.0325. The number of non-ortho nitro benzene ring substituents is 1. The first-order valence-electron chi connectivity index (χ1n) is 9.38. The van der Waals surface area contributed by atoms with Gasteiger partial charge in [0.05, 0.1) is 16.5 Å². The number of benzene rings is 2. The highest BCUT2D eigenvalue weighted by Crippen LogP contribution is 2.25. The first-order valence-corrected chi connectivity index (χ1v) is 9.38. The molecule has 0 saturated heterocycles. The molecule has 172 valence electrons. The van der Waals surface area contributed by atoms with E-state index in [4.69, 9.17) is 9.47 Å². The first kappa shape index (κ1) is 24.6. The zero-order valence-electron chi connectivity index (χ0n) is 17.6. The molecule has 2 aromatic carbocycles. The Kier molecular flexibility index (Phi) is 7.44. The van der Waals surface area contributed by atoms with Crippen molar-refractivity contribution in [3.05, 3.63) is 75.1 Å². The second-order valence-corrected chi connectivity index (χ2v) is 7.84. The van der Waals surface area contributed by atoms with Gasteiger partial charge in [-0.05, 0) is 57.5 Å². The zero-order valence-corrected chi connectivity index (χ0v) is 17.6. The number of hydrogen-bond donors (Lipinski definition) is 1. The van der Waals surface area contributed by atoms with Gasteiger partial charge in [-0.15, -0.1) is 0 Å². The van der Waals surface area contributed by atoms with E-state index in [0.29, 0.717) is 12.1 Å². The lowest BCUT2D eigenvalue weighted by atomic mass is 10.0. The number of hydrogen-bond acceptors (Lipinski definition) is 6. The second-order valence-electron chi connectivity index (χ2n) is 7.84. The van der Waals surface area contributed by atoms with Crippen molar-refractivity contribution >= 4 is 17.7 Å². The van der Waals surface area contributed by atoms with Crippen LogP contribution in [-0.2, 0) is 9.47 Å². The highest BCUT2D eigenvalue weighted by Gasteiger charge is 2.29. The number of ether oxygens (including phenoxy) is 2. The van der Waals surface area contributed by atoms with Crippen molar-refractivity contribution in [1.29, 1.82) is 0 Å². The van der Waals surface area contributed by atoms with Crippen LogP contribution in [0.15, 0.2) is 36.4 Å². The van der Waals surface area contributed by atoms with Gasteiger partial charge in [0.1, 0.15) is 11.7 Å². The summed E-state index contributed by atoms with van der Waals surface area (Å²) in [5, 5.41) is 13.1. The number of nitrogens with zero attached hydrogens (tertiary/aromatic N) is 1. The maximum Gasteiger partial charge on any atom is 0.408 e. The third-order valence-corrected chi connectivity index (χ3v) is 4.11. The Morgan fingerprint density at radius 2 is 1.59 bits per heavy atom. The second kappa shape index (κ2) is 9.67. The van der Waals surface area contributed by atoms with E-state index in [1.807, 2.05) is 0 Å². The molecule has 0 aliphatic heterocycles. The normalized spacial score (nSPS) is 13.1. The number of rotatable bonds is 6. The summed E-state index contributed by atoms with van der Waals surface area (Å²) in [5.74, 6) is -5.60. The molecule has 0 aliphatic carbocycles. The number of carbonyl (C=O) groups excluding carboxylic acids is 2. The highest BCUT2D eigenvalue weighted by molar-refractivity contribution is 5.89. The Balaban J connectivity index is 2.30. The van der Waals surface area contributed by atoms with Gasteiger partial charge in [-0.1, -0.05) is 0 Å². The minimum atomic E-state index is -1.69. The van der Waals surface area contributed by atoms with E-state index < -0.39 is 52.2 Å². The van der Waals surface area contributed by atoms with Crippen molar-refractivity contribution in [2.45, 2.75) is 45.4 Å². The molecule has 0 heterocycles. The van der Waals surface area contributed by atoms with Gasteiger partial charge in [-0.2, -0.15) is 0 Å². The van der Waals surface area contributed by atoms with Gasteiger partial charge in [0.2, 0.25) is 0 Å². The summed E-state index contributed by atoms with van der Waals surface area (Å²) in [7, 11) is 0. The summed E-state index contributed by atoms with van der Waals surface area (Å²) in [6.07, 6.45) is -2.17. The Hall–Kier alpha value is -3.63. The number of carbonyl (C=O) groups is 2. The SMILES string of the molecule is CC(OC(=O)c1ccc([N+](=O)[O-])cc1)C(NC(=O)OC(C)(C)C)c1cc(F)c(F)c(F)c1. The maximum atomic E-state index is 13.8. The molecule has 0 aromatic heterocycles. The fourth-order valence-corrected chi connectivity index (χ4v) is 2.69. The lowest BCUT2D eigenvalue weighted by Gasteiger charge is -2.27. The van der Waals surface area contributed by atoms with Crippen LogP contribution >= 0.6 is 0 Å². The Labute approximate surface area is 181 Å². The van der Waals surface area contributed by atoms with Gasteiger partial charge in [0.25, 0.3) is 5.69 Å². The van der Waals surface area contributed by atoms with Gasteiger partial charge >= 0.3 is 12.1 Å². The van der Waals surface area contributed by atoms with Crippen LogP contribution in [0.2, 0.25) is 0 Å². The molecule has 1 amide bonds. The van der Waals surface area contributed by atoms with Crippen molar-refractivity contribution in [3.8, 4) is 0 Å². The van der Waals surface area contributed by atoms with Crippen LogP contribution in [0.3, 0.4) is 0 Å². The fourth-order valence-electron chi connectivity index (χ4n) is 2.69. The molecule has 2 unspecified atom stereocenters. The van der Waals surface area contributed by atoms with Crippen molar-refractivity contribution in [3.63, 3.8) is 0 Å². The Morgan fingerprint density at radius 1 is 1.06 bits per heavy atom. The van der Waals surface area contributed by atoms with Crippen LogP contribution in [0.5, 0.6) is 0 Å². The number of nitro groups is 1. The average Bonchev–Trinajstić information content (AvgIpc) is 2.68. The summed E-state index contributed by atoms with van der Waals surface area (Å²) in [6.45, 7) is 6.12. The predicted octanol–water partition coefficient (Wildman–Crippen LogP) is 4.82. The zero-order chi connectivity index (χ0) is 24.2. The summed E-state index contributed by atoms with van der Waals surface area (Å²) in [5.41, 5.74) is -1.38. The molecule has 1 N–H and O–H groups in total. The molecule has 11 heteroatoms. The van der Waals surface area contributed by atoms with Gasteiger partial charge in [-0.25, -0.2) is 22.8 Å². The molecular weight excluding hydrogens is 433 g/mol. The lowest BCUT2D eigenvalue weighted by molar-refractivity contribution is -0.384. The number of halogens is 3. The van der Waals surface area contributed by atoms with Crippen LogP contribution in [0.1, 0.15) is 49.7 Å². The summed E-state index contributed by atoms with van der Waals surface area (Å²) in [4.78, 5) is 34.8. The van der Waals surface area contributed by atoms with Gasteiger partial charge in [-0.3, -0.25) is 10.1 Å². The van der Waals surface area contributed by atoms with E-state index in [1.54, 1.807) is 20.8 Å². The van der Waals surface area contributed by atoms with Gasteiger partial charge < -0.3 is 14.8 Å². The first-order chi connectivity index (χ1) is 14.8. The third kappa shape index (κ3) is 6.43. The summed E-state index contributed by atoms with van der Waals surface area (Å²) >= 11 is 0. The molecule has 0 spiro atoms. The topological polar surface area (TPSA) is 108 Å². The van der Waals surface area contributed by atoms with Gasteiger partial charge in [0, 0.05) is 12.1 Å². The smallest absolute Gasteiger partial charge is 0.408 e. The van der Waals surface area contributed by atoms with E-state index in [1.165, 1.54) is 19.1 Å². The number of alkyl carbamates (subject to hydrolysis) is 1. The lowest BCUT2D eigenvalue weighted by Crippen LogP contribution is -2.40. The molecule has 32 heavy (non-hydrogen) atoms. The maximum absolute atomic E-state index is 13.8. The van der Waals surface area contributed by atoms with E-state index in [0.717, 1.165) is 12.1 Å². The molecule has 0 bridgehead atoms. The Morgan fingerprint density at radius 3 is 2.06 bits per heavy atom. The molecular formula is C21H21F3N2O6. The number of amides is 1. The molecule has 8 nitrogen and oxygen atoms in total. The van der Waals surface area contributed by atoms with E-state index in [9.17, 15) is 32.9 Å². The molecule has 2 aromatic rings. The van der Waals surface area contributed by atoms with Crippen LogP contribution in [0.4, 0.5) is 23.7 Å². The number of nitro benzene ring substituents is 1. The van der Waals surface area contributed by atoms with Crippen molar-refractivity contribution in [2.24, 2.45) is 0 Å². The van der Waals surface area contributed by atoms with Crippen LogP contribution in [-0.4, -0.2) is 28.7 Å². The number of nitrogens with one attached hydrogen (secondary N) is 1. The van der Waals surface area contributed by atoms with Crippen LogP contribution in [0.25, 0.3) is 0 Å². The van der Waals surface area contributed by atoms with Crippen molar-refractivity contribution in [2.75, 3.05) is 0 Å². The Bertz CT molecular complexity index is 998. The molecule has 0 saturated carbocycles. The average molecular weight is 454 g/mol. The van der Waals surface area contributed by atoms with Crippen LogP contribution < -0.4 is 5.32 Å². The molecule has 2 atom stereocenters. The molecule has 2 rings (SSSR count). The highest BCUT2D eigenvalue weighted by atomic mass is 19.2. The molecule has 0 fully saturated rings. The fraction of sp³-hybridized carbons (Fsp3) is 0.333. The summed E-state index contributed by atoms with van der Waals surface area (Å²) < 4.78 is 51.4. The van der Waals surface area contributed by atoms with E-state index in [-0.39, 0.29) is 16.8 Å². The molecule has 0 radical (unpaired) electrons. The standard InChI is InChI=1S/C21H21F3N2O6/c1-11(31-19(27)12-5-7-14(8-6-12)26(29)30)18(25-20(28)32-21(2,3)4)13-9-15(22)17(24)16(23)10-13/h5-11,18H,1-4H3,(H,25,28). The molecule has 0 aliphatic rings. The van der Waals surface area contributed by atoms with Crippen molar-refractivity contribution < 1.29 is 37.2 Å². The third-order valence-electron chi connectivity index (χ3n) is 4.11. The quantitative estimate of drug-likeness (QED) is 0.290. The monoisotopic (exact) mass is 454 g/mol. The van der Waals surface area contributed by atoms with E-state index >= 15 is 0 Å². The largest absolute Gasteiger partial charge is 0.457 e.